The van der Waals surface area contributed by atoms with Crippen molar-refractivity contribution >= 4 is 29.3 Å². The van der Waals surface area contributed by atoms with Crippen LogP contribution in [0.5, 0.6) is 0 Å². The van der Waals surface area contributed by atoms with E-state index in [1.807, 2.05) is 67.6 Å². The van der Waals surface area contributed by atoms with Crippen molar-refractivity contribution < 1.29 is 14.0 Å². The van der Waals surface area contributed by atoms with Crippen molar-refractivity contribution in [2.45, 2.75) is 25.1 Å². The molecule has 170 valence electrons. The molecule has 5 nitrogen and oxygen atoms in total. The van der Waals surface area contributed by atoms with E-state index in [0.29, 0.717) is 12.1 Å². The average molecular weight is 472 g/mol. The molecule has 34 heavy (non-hydrogen) atoms. The van der Waals surface area contributed by atoms with Gasteiger partial charge in [0, 0.05) is 12.2 Å². The van der Waals surface area contributed by atoms with Gasteiger partial charge >= 0.3 is 0 Å². The molecule has 0 aliphatic carbocycles. The fourth-order valence-electron chi connectivity index (χ4n) is 3.62. The van der Waals surface area contributed by atoms with Crippen LogP contribution in [0.15, 0.2) is 89.5 Å². The Morgan fingerprint density at radius 2 is 1.71 bits per heavy atom. The van der Waals surface area contributed by atoms with Crippen molar-refractivity contribution in [2.24, 2.45) is 0 Å². The third-order valence-corrected chi connectivity index (χ3v) is 6.69. The second-order valence-electron chi connectivity index (χ2n) is 7.91. The molecule has 1 aliphatic rings. The van der Waals surface area contributed by atoms with Crippen LogP contribution in [0, 0.1) is 24.1 Å². The largest absolute Gasteiger partial charge is 0.347 e. The Morgan fingerprint density at radius 3 is 2.35 bits per heavy atom. The number of amides is 2. The van der Waals surface area contributed by atoms with Crippen LogP contribution < -0.4 is 10.2 Å². The van der Waals surface area contributed by atoms with Crippen LogP contribution in [0.2, 0.25) is 0 Å². The van der Waals surface area contributed by atoms with Crippen molar-refractivity contribution in [1.82, 2.24) is 5.32 Å². The summed E-state index contributed by atoms with van der Waals surface area (Å²) in [5.74, 6) is -1.26. The molecule has 1 aliphatic heterocycles. The van der Waals surface area contributed by atoms with E-state index in [4.69, 9.17) is 0 Å². The van der Waals surface area contributed by atoms with Crippen molar-refractivity contribution in [3.63, 3.8) is 0 Å². The van der Waals surface area contributed by atoms with Gasteiger partial charge in [-0.15, -0.1) is 0 Å². The fraction of sp³-hybridized carbons (Fsp3) is 0.148. The highest BCUT2D eigenvalue weighted by molar-refractivity contribution is 8.05. The van der Waals surface area contributed by atoms with Gasteiger partial charge in [0.05, 0.1) is 5.25 Å². The van der Waals surface area contributed by atoms with E-state index in [1.165, 1.54) is 40.9 Å². The van der Waals surface area contributed by atoms with Gasteiger partial charge < -0.3 is 5.32 Å². The molecule has 2 amide bonds. The van der Waals surface area contributed by atoms with E-state index < -0.39 is 17.0 Å². The number of carbonyl (C=O) groups excluding carboxylic acids is 2. The van der Waals surface area contributed by atoms with Crippen LogP contribution in [0.25, 0.3) is 0 Å². The number of halogens is 1. The molecule has 0 unspecified atom stereocenters. The zero-order valence-electron chi connectivity index (χ0n) is 18.5. The lowest BCUT2D eigenvalue weighted by atomic mass is 10.1. The maximum atomic E-state index is 13.5. The van der Waals surface area contributed by atoms with E-state index in [0.717, 1.165) is 16.7 Å². The number of nitrogens with zero attached hydrogens (tertiary/aromatic N) is 2. The lowest BCUT2D eigenvalue weighted by Crippen LogP contribution is -2.32. The van der Waals surface area contributed by atoms with Crippen molar-refractivity contribution in [1.29, 1.82) is 5.26 Å². The van der Waals surface area contributed by atoms with E-state index in [2.05, 4.69) is 5.32 Å². The predicted molar refractivity (Wildman–Crippen MR) is 131 cm³/mol. The van der Waals surface area contributed by atoms with Crippen LogP contribution in [0.1, 0.15) is 16.7 Å². The van der Waals surface area contributed by atoms with Crippen LogP contribution >= 0.6 is 11.8 Å². The molecule has 3 aromatic rings. The normalized spacial score (nSPS) is 16.8. The van der Waals surface area contributed by atoms with Crippen molar-refractivity contribution in [3.05, 3.63) is 112 Å². The number of carbonyl (C=O) groups is 2. The molecule has 1 fully saturated rings. The Labute approximate surface area is 201 Å². The molecule has 0 saturated carbocycles. The molecule has 7 heteroatoms. The first-order chi connectivity index (χ1) is 16.5. The van der Waals surface area contributed by atoms with Crippen LogP contribution in [-0.2, 0) is 22.6 Å². The molecule has 0 spiro atoms. The van der Waals surface area contributed by atoms with Gasteiger partial charge in [0.25, 0.3) is 5.91 Å². The van der Waals surface area contributed by atoms with Crippen molar-refractivity contribution in [2.75, 3.05) is 4.90 Å². The van der Waals surface area contributed by atoms with Gasteiger partial charge in [-0.1, -0.05) is 71.9 Å². The second-order valence-corrected chi connectivity index (χ2v) is 9.10. The summed E-state index contributed by atoms with van der Waals surface area (Å²) < 4.78 is 13.5. The number of thioether (sulfide) groups is 1. The van der Waals surface area contributed by atoms with E-state index in [1.54, 1.807) is 0 Å². The monoisotopic (exact) mass is 471 g/mol. The van der Waals surface area contributed by atoms with Gasteiger partial charge in [0.15, 0.2) is 0 Å². The first-order valence-corrected chi connectivity index (χ1v) is 11.6. The third-order valence-electron chi connectivity index (χ3n) is 5.43. The molecule has 4 rings (SSSR count). The number of hydrogen-bond acceptors (Lipinski definition) is 4. The number of benzene rings is 3. The van der Waals surface area contributed by atoms with Gasteiger partial charge in [-0.3, -0.25) is 14.5 Å². The Hall–Kier alpha value is -3.89. The summed E-state index contributed by atoms with van der Waals surface area (Å²) in [6.45, 7) is 2.24. The second kappa shape index (κ2) is 10.4. The highest BCUT2D eigenvalue weighted by atomic mass is 32.2. The van der Waals surface area contributed by atoms with Gasteiger partial charge in [-0.25, -0.2) is 4.39 Å². The minimum absolute atomic E-state index is 0.148. The molecule has 1 N–H and O–H groups in total. The van der Waals surface area contributed by atoms with Crippen LogP contribution in [0.4, 0.5) is 10.1 Å². The molecular formula is C27H22FN3O2S. The summed E-state index contributed by atoms with van der Waals surface area (Å²) in [5.41, 5.74) is 3.24. The lowest BCUT2D eigenvalue weighted by molar-refractivity contribution is -0.117. The highest BCUT2D eigenvalue weighted by Crippen LogP contribution is 2.42. The topological polar surface area (TPSA) is 73.2 Å². The summed E-state index contributed by atoms with van der Waals surface area (Å²) >= 11 is 1.19. The van der Waals surface area contributed by atoms with Gasteiger partial charge in [-0.05, 0) is 48.7 Å². The van der Waals surface area contributed by atoms with Crippen LogP contribution in [0.3, 0.4) is 0 Å². The zero-order valence-corrected chi connectivity index (χ0v) is 19.3. The molecule has 1 heterocycles. The van der Waals surface area contributed by atoms with Crippen LogP contribution in [-0.4, -0.2) is 17.1 Å². The number of nitriles is 1. The molecule has 3 aromatic carbocycles. The standard InChI is InChI=1S/C27H22FN3O2S/c1-18-7-9-19(10-8-18)15-24-26(33)31(22-13-11-21(28)12-14-22)27(34-24)23(16-29)25(32)30-17-20-5-3-2-4-6-20/h2-14,24H,15,17H2,1H3,(H,30,32)/b27-23-/t24-/m1/s1. The molecule has 1 atom stereocenters. The molecule has 0 bridgehead atoms. The fourth-order valence-corrected chi connectivity index (χ4v) is 4.93. The highest BCUT2D eigenvalue weighted by Gasteiger charge is 2.40. The number of hydrogen-bond donors (Lipinski definition) is 1. The van der Waals surface area contributed by atoms with Gasteiger partial charge in [0.1, 0.15) is 22.5 Å². The Bertz CT molecular complexity index is 1270. The Kier molecular flexibility index (Phi) is 7.09. The number of rotatable bonds is 6. The van der Waals surface area contributed by atoms with Crippen molar-refractivity contribution in [3.8, 4) is 6.07 Å². The minimum Gasteiger partial charge on any atom is -0.347 e. The molecular weight excluding hydrogens is 449 g/mol. The SMILES string of the molecule is Cc1ccc(C[C@H]2S/C(=C(/C#N)C(=O)NCc3ccccc3)N(c3ccc(F)cc3)C2=O)cc1. The van der Waals surface area contributed by atoms with E-state index in [9.17, 15) is 19.2 Å². The lowest BCUT2D eigenvalue weighted by Gasteiger charge is -2.18. The minimum atomic E-state index is -0.565. The third kappa shape index (κ3) is 5.19. The first-order valence-electron chi connectivity index (χ1n) is 10.7. The Morgan fingerprint density at radius 1 is 1.03 bits per heavy atom. The summed E-state index contributed by atoms with van der Waals surface area (Å²) in [7, 11) is 0. The van der Waals surface area contributed by atoms with E-state index in [-0.39, 0.29) is 23.1 Å². The number of aryl methyl sites for hydroxylation is 1. The van der Waals surface area contributed by atoms with E-state index >= 15 is 0 Å². The maximum absolute atomic E-state index is 13.5. The summed E-state index contributed by atoms with van der Waals surface area (Å²) in [4.78, 5) is 27.8. The summed E-state index contributed by atoms with van der Waals surface area (Å²) in [6, 6.07) is 24.7. The predicted octanol–water partition coefficient (Wildman–Crippen LogP) is 4.88. The average Bonchev–Trinajstić information content (AvgIpc) is 3.16. The number of anilines is 1. The smallest absolute Gasteiger partial charge is 0.264 e. The summed E-state index contributed by atoms with van der Waals surface area (Å²) in [5, 5.41) is 12.4. The zero-order chi connectivity index (χ0) is 24.1. The Balaban J connectivity index is 1.66. The van der Waals surface area contributed by atoms with Gasteiger partial charge in [0.2, 0.25) is 5.91 Å². The van der Waals surface area contributed by atoms with Gasteiger partial charge in [-0.2, -0.15) is 5.26 Å². The first kappa shape index (κ1) is 23.3. The molecule has 0 radical (unpaired) electrons. The quantitative estimate of drug-likeness (QED) is 0.411. The summed E-state index contributed by atoms with van der Waals surface area (Å²) in [6.07, 6.45) is 0.440. The maximum Gasteiger partial charge on any atom is 0.264 e. The number of nitrogens with one attached hydrogen (secondary N) is 1. The molecule has 0 aromatic heterocycles. The molecule has 1 saturated heterocycles.